The summed E-state index contributed by atoms with van der Waals surface area (Å²) < 4.78 is 0. The summed E-state index contributed by atoms with van der Waals surface area (Å²) in [5.41, 5.74) is 1.39. The molecule has 1 aromatic carbocycles. The Bertz CT molecular complexity index is 300. The fourth-order valence-corrected chi connectivity index (χ4v) is 1.85. The normalized spacial score (nSPS) is 22.5. The zero-order chi connectivity index (χ0) is 9.10. The molecule has 1 N–H and O–H groups in total. The third-order valence-electron chi connectivity index (χ3n) is 2.66. The Labute approximate surface area is 78.7 Å². The molecule has 0 aliphatic heterocycles. The van der Waals surface area contributed by atoms with Crippen LogP contribution in [-0.4, -0.2) is 5.11 Å². The molecule has 2 rings (SSSR count). The Morgan fingerprint density at radius 1 is 1.15 bits per heavy atom. The van der Waals surface area contributed by atoms with E-state index in [1.165, 1.54) is 5.56 Å². The highest BCUT2D eigenvalue weighted by Crippen LogP contribution is 2.30. The predicted molar refractivity (Wildman–Crippen MR) is 53.7 cm³/mol. The largest absolute Gasteiger partial charge is 0.513 e. The lowest BCUT2D eigenvalue weighted by atomic mass is 9.87. The second-order valence-electron chi connectivity index (χ2n) is 3.58. The molecule has 0 saturated carbocycles. The van der Waals surface area contributed by atoms with Crippen LogP contribution in [0.15, 0.2) is 42.2 Å². The molecular weight excluding hydrogens is 160 g/mol. The number of hydrogen-bond acceptors (Lipinski definition) is 1. The van der Waals surface area contributed by atoms with Crippen molar-refractivity contribution in [3.63, 3.8) is 0 Å². The van der Waals surface area contributed by atoms with Crippen molar-refractivity contribution >= 4 is 0 Å². The molecule has 13 heavy (non-hydrogen) atoms. The number of aliphatic hydroxyl groups is 1. The van der Waals surface area contributed by atoms with Crippen LogP contribution in [-0.2, 0) is 0 Å². The van der Waals surface area contributed by atoms with Gasteiger partial charge < -0.3 is 5.11 Å². The van der Waals surface area contributed by atoms with E-state index in [1.807, 2.05) is 12.1 Å². The molecule has 1 atom stereocenters. The van der Waals surface area contributed by atoms with Gasteiger partial charge in [0.05, 0.1) is 5.76 Å². The maximum absolute atomic E-state index is 9.23. The molecule has 0 amide bonds. The second-order valence-corrected chi connectivity index (χ2v) is 3.58. The Hall–Kier alpha value is -1.24. The lowest BCUT2D eigenvalue weighted by molar-refractivity contribution is 0.359. The standard InChI is InChI=1S/C12H14O/c13-12-8-6-11(7-9-12)10-4-2-1-3-5-10/h1-5,8,11,13H,6-7,9H2/t11-/m0/s1. The highest BCUT2D eigenvalue weighted by atomic mass is 16.3. The van der Waals surface area contributed by atoms with E-state index < -0.39 is 0 Å². The minimum Gasteiger partial charge on any atom is -0.513 e. The van der Waals surface area contributed by atoms with Crippen molar-refractivity contribution in [2.24, 2.45) is 0 Å². The minimum absolute atomic E-state index is 0.562. The number of allylic oxidation sites excluding steroid dienone is 2. The first kappa shape index (κ1) is 8.36. The van der Waals surface area contributed by atoms with Crippen molar-refractivity contribution in [3.05, 3.63) is 47.7 Å². The Kier molecular flexibility index (Phi) is 2.35. The lowest BCUT2D eigenvalue weighted by Crippen LogP contribution is -2.03. The molecule has 0 fully saturated rings. The van der Waals surface area contributed by atoms with E-state index in [0.717, 1.165) is 19.3 Å². The summed E-state index contributed by atoms with van der Waals surface area (Å²) >= 11 is 0. The Morgan fingerprint density at radius 3 is 2.54 bits per heavy atom. The quantitative estimate of drug-likeness (QED) is 0.691. The predicted octanol–water partition coefficient (Wildman–Crippen LogP) is 3.40. The molecule has 0 radical (unpaired) electrons. The monoisotopic (exact) mass is 174 g/mol. The Balaban J connectivity index is 2.12. The van der Waals surface area contributed by atoms with Crippen LogP contribution in [0.2, 0.25) is 0 Å². The first-order valence-electron chi connectivity index (χ1n) is 4.79. The van der Waals surface area contributed by atoms with Gasteiger partial charge in [-0.25, -0.2) is 0 Å². The highest BCUT2D eigenvalue weighted by molar-refractivity contribution is 5.22. The molecule has 0 spiro atoms. The van der Waals surface area contributed by atoms with E-state index in [4.69, 9.17) is 0 Å². The van der Waals surface area contributed by atoms with Crippen molar-refractivity contribution in [1.82, 2.24) is 0 Å². The highest BCUT2D eigenvalue weighted by Gasteiger charge is 2.14. The van der Waals surface area contributed by atoms with Gasteiger partial charge in [0.15, 0.2) is 0 Å². The average molecular weight is 174 g/mol. The molecule has 1 heteroatoms. The average Bonchev–Trinajstić information content (AvgIpc) is 2.20. The maximum atomic E-state index is 9.23. The Morgan fingerprint density at radius 2 is 1.92 bits per heavy atom. The number of rotatable bonds is 1. The first-order valence-corrected chi connectivity index (χ1v) is 4.79. The van der Waals surface area contributed by atoms with E-state index in [9.17, 15) is 5.11 Å². The van der Waals surface area contributed by atoms with E-state index >= 15 is 0 Å². The number of hydrogen-bond donors (Lipinski definition) is 1. The van der Waals surface area contributed by atoms with Gasteiger partial charge in [-0.3, -0.25) is 0 Å². The van der Waals surface area contributed by atoms with Crippen LogP contribution >= 0.6 is 0 Å². The van der Waals surface area contributed by atoms with E-state index in [2.05, 4.69) is 24.3 Å². The minimum atomic E-state index is 0.562. The maximum Gasteiger partial charge on any atom is 0.0883 e. The molecular formula is C12H14O. The first-order chi connectivity index (χ1) is 6.36. The molecule has 0 unspecified atom stereocenters. The van der Waals surface area contributed by atoms with Gasteiger partial charge >= 0.3 is 0 Å². The van der Waals surface area contributed by atoms with Gasteiger partial charge in [-0.2, -0.15) is 0 Å². The molecule has 1 aliphatic rings. The van der Waals surface area contributed by atoms with Crippen LogP contribution in [0.5, 0.6) is 0 Å². The van der Waals surface area contributed by atoms with Gasteiger partial charge in [0.1, 0.15) is 0 Å². The summed E-state index contributed by atoms with van der Waals surface area (Å²) in [5, 5.41) is 9.23. The van der Waals surface area contributed by atoms with Gasteiger partial charge in [0, 0.05) is 6.42 Å². The van der Waals surface area contributed by atoms with Gasteiger partial charge in [0.25, 0.3) is 0 Å². The van der Waals surface area contributed by atoms with Crippen molar-refractivity contribution in [3.8, 4) is 0 Å². The van der Waals surface area contributed by atoms with Crippen LogP contribution in [0.4, 0.5) is 0 Å². The van der Waals surface area contributed by atoms with Crippen LogP contribution < -0.4 is 0 Å². The van der Waals surface area contributed by atoms with Crippen LogP contribution in [0, 0.1) is 0 Å². The number of benzene rings is 1. The molecule has 1 aromatic rings. The molecule has 0 aromatic heterocycles. The smallest absolute Gasteiger partial charge is 0.0883 e. The zero-order valence-corrected chi connectivity index (χ0v) is 7.61. The molecule has 0 saturated heterocycles. The van der Waals surface area contributed by atoms with Crippen molar-refractivity contribution < 1.29 is 5.11 Å². The third-order valence-corrected chi connectivity index (χ3v) is 2.66. The van der Waals surface area contributed by atoms with Gasteiger partial charge in [-0.15, -0.1) is 0 Å². The molecule has 0 bridgehead atoms. The zero-order valence-electron chi connectivity index (χ0n) is 7.61. The molecule has 0 heterocycles. The summed E-state index contributed by atoms with van der Waals surface area (Å²) in [6, 6.07) is 10.5. The van der Waals surface area contributed by atoms with Crippen molar-refractivity contribution in [2.75, 3.05) is 0 Å². The van der Waals surface area contributed by atoms with E-state index in [-0.39, 0.29) is 0 Å². The van der Waals surface area contributed by atoms with E-state index in [0.29, 0.717) is 11.7 Å². The van der Waals surface area contributed by atoms with Crippen molar-refractivity contribution in [1.29, 1.82) is 0 Å². The molecule has 68 valence electrons. The summed E-state index contributed by atoms with van der Waals surface area (Å²) in [6.45, 7) is 0. The lowest BCUT2D eigenvalue weighted by Gasteiger charge is -2.19. The van der Waals surface area contributed by atoms with Crippen LogP contribution in [0.25, 0.3) is 0 Å². The number of aliphatic hydroxyl groups excluding tert-OH is 1. The van der Waals surface area contributed by atoms with Crippen molar-refractivity contribution in [2.45, 2.75) is 25.2 Å². The van der Waals surface area contributed by atoms with Gasteiger partial charge in [-0.05, 0) is 30.4 Å². The van der Waals surface area contributed by atoms with E-state index in [1.54, 1.807) is 0 Å². The van der Waals surface area contributed by atoms with Gasteiger partial charge in [-0.1, -0.05) is 30.3 Å². The summed E-state index contributed by atoms with van der Waals surface area (Å²) in [7, 11) is 0. The second kappa shape index (κ2) is 3.65. The summed E-state index contributed by atoms with van der Waals surface area (Å²) in [4.78, 5) is 0. The fraction of sp³-hybridized carbons (Fsp3) is 0.333. The SMILES string of the molecule is OC1=CC[C@H](c2ccccc2)CC1. The van der Waals surface area contributed by atoms with Crippen LogP contribution in [0.1, 0.15) is 30.7 Å². The summed E-state index contributed by atoms with van der Waals surface area (Å²) in [5.74, 6) is 1.17. The summed E-state index contributed by atoms with van der Waals surface area (Å²) in [6.07, 6.45) is 4.84. The topological polar surface area (TPSA) is 20.2 Å². The molecule has 1 aliphatic carbocycles. The fourth-order valence-electron chi connectivity index (χ4n) is 1.85. The van der Waals surface area contributed by atoms with Crippen LogP contribution in [0.3, 0.4) is 0 Å². The third kappa shape index (κ3) is 1.92. The molecule has 1 nitrogen and oxygen atoms in total. The van der Waals surface area contributed by atoms with Gasteiger partial charge in [0.2, 0.25) is 0 Å².